The molecule has 0 saturated carbocycles. The monoisotopic (exact) mass is 878 g/mol. The minimum atomic E-state index is -0.390. The fourth-order valence-electron chi connectivity index (χ4n) is 11.6. The van der Waals surface area contributed by atoms with Gasteiger partial charge in [-0.1, -0.05) is 55.4 Å². The zero-order chi connectivity index (χ0) is 46.4. The number of methoxy groups -OCH3 is 2. The molecule has 0 amide bonds. The standard InChI is InChI=1S/C54H50N6O6/c1-23(2)47(24(3)4)59-51(61)31-19-35-41-43-37(57-49(55-35)27-11-15-29(65-9)16-12-27)21-33-40-34(54(64)60(53(33)63)48(25(5)6)26(7)8)22-38-44(46(40)43)42-36(20-32(52(59)62)39(31)45(41)42)56-50(58-38)28-13-17-30(66-10)18-14-28/h11-26,47-48H,1-10H3,(H,55,57)(H,56,58). The number of hydrogen-bond acceptors (Lipinski definition) is 8. The lowest BCUT2D eigenvalue weighted by Gasteiger charge is -2.28. The minimum Gasteiger partial charge on any atom is -0.497 e. The lowest BCUT2D eigenvalue weighted by Crippen LogP contribution is -2.40. The van der Waals surface area contributed by atoms with Crippen LogP contribution in [0.5, 0.6) is 11.5 Å². The molecule has 0 atom stereocenters. The predicted molar refractivity (Wildman–Crippen MR) is 267 cm³/mol. The predicted octanol–water partition coefficient (Wildman–Crippen LogP) is 10.8. The van der Waals surface area contributed by atoms with E-state index in [1.165, 1.54) is 9.13 Å². The molecule has 0 aliphatic rings. The highest BCUT2D eigenvalue weighted by Crippen LogP contribution is 2.50. The van der Waals surface area contributed by atoms with Crippen LogP contribution in [0.15, 0.2) is 92.0 Å². The molecule has 66 heavy (non-hydrogen) atoms. The van der Waals surface area contributed by atoms with E-state index in [0.29, 0.717) is 110 Å². The third kappa shape index (κ3) is 5.62. The zero-order valence-corrected chi connectivity index (χ0v) is 38.6. The number of nitrogens with one attached hydrogen (secondary N) is 2. The Balaban J connectivity index is 1.47. The summed E-state index contributed by atoms with van der Waals surface area (Å²) in [5, 5.41) is 6.75. The van der Waals surface area contributed by atoms with Crippen molar-refractivity contribution in [1.29, 1.82) is 0 Å². The molecule has 11 rings (SSSR count). The Morgan fingerprint density at radius 1 is 0.424 bits per heavy atom. The number of pyridine rings is 2. The summed E-state index contributed by atoms with van der Waals surface area (Å²) in [7, 11) is 3.23. The van der Waals surface area contributed by atoms with Gasteiger partial charge in [0.25, 0.3) is 22.2 Å². The van der Waals surface area contributed by atoms with Crippen LogP contribution in [0.3, 0.4) is 0 Å². The molecule has 332 valence electrons. The fourth-order valence-corrected chi connectivity index (χ4v) is 11.6. The van der Waals surface area contributed by atoms with E-state index in [9.17, 15) is 0 Å². The molecule has 0 aliphatic carbocycles. The summed E-state index contributed by atoms with van der Waals surface area (Å²) in [5.41, 5.74) is 2.18. The fraction of sp³-hybridized carbons (Fsp3) is 0.296. The van der Waals surface area contributed by atoms with E-state index in [0.717, 1.165) is 11.1 Å². The Kier molecular flexibility index (Phi) is 9.14. The van der Waals surface area contributed by atoms with Crippen molar-refractivity contribution in [2.75, 3.05) is 14.2 Å². The van der Waals surface area contributed by atoms with Crippen molar-refractivity contribution >= 4 is 86.7 Å². The van der Waals surface area contributed by atoms with Gasteiger partial charge in [-0.15, -0.1) is 0 Å². The van der Waals surface area contributed by atoms with E-state index in [-0.39, 0.29) is 58.0 Å². The summed E-state index contributed by atoms with van der Waals surface area (Å²) < 4.78 is 14.0. The molecule has 0 unspecified atom stereocenters. The second-order valence-electron chi connectivity index (χ2n) is 19.4. The average molecular weight is 879 g/mol. The van der Waals surface area contributed by atoms with Crippen molar-refractivity contribution in [3.8, 4) is 34.3 Å². The molecule has 11 aromatic rings. The number of ether oxygens (including phenoxy) is 2. The van der Waals surface area contributed by atoms with Gasteiger partial charge < -0.3 is 19.4 Å². The van der Waals surface area contributed by atoms with Gasteiger partial charge in [0.1, 0.15) is 23.1 Å². The Bertz CT molecular complexity index is 3550. The molecule has 0 fully saturated rings. The summed E-state index contributed by atoms with van der Waals surface area (Å²) in [6, 6.07) is 21.7. The van der Waals surface area contributed by atoms with Gasteiger partial charge in [0, 0.05) is 77.3 Å². The first-order valence-corrected chi connectivity index (χ1v) is 22.8. The van der Waals surface area contributed by atoms with Crippen molar-refractivity contribution in [1.82, 2.24) is 29.1 Å². The molecule has 0 saturated heterocycles. The first-order valence-electron chi connectivity index (χ1n) is 22.8. The third-order valence-corrected chi connectivity index (χ3v) is 14.1. The van der Waals surface area contributed by atoms with Crippen LogP contribution in [-0.4, -0.2) is 43.3 Å². The number of hydrogen-bond donors (Lipinski definition) is 2. The van der Waals surface area contributed by atoms with E-state index >= 15 is 19.2 Å². The van der Waals surface area contributed by atoms with Crippen LogP contribution in [0, 0.1) is 23.7 Å². The summed E-state index contributed by atoms with van der Waals surface area (Å²) in [6.07, 6.45) is 0. The van der Waals surface area contributed by atoms with Crippen LogP contribution in [-0.2, 0) is 0 Å². The second-order valence-corrected chi connectivity index (χ2v) is 19.4. The maximum Gasteiger partial charge on any atom is 0.261 e. The van der Waals surface area contributed by atoms with E-state index in [1.54, 1.807) is 14.2 Å². The Morgan fingerprint density at radius 2 is 0.742 bits per heavy atom. The highest BCUT2D eigenvalue weighted by molar-refractivity contribution is 6.48. The van der Waals surface area contributed by atoms with Crippen molar-refractivity contribution in [2.45, 2.75) is 67.5 Å². The molecule has 12 heteroatoms. The van der Waals surface area contributed by atoms with Gasteiger partial charge in [-0.05, 0) is 96.5 Å². The van der Waals surface area contributed by atoms with Crippen LogP contribution in [0.4, 0.5) is 0 Å². The van der Waals surface area contributed by atoms with Gasteiger partial charge in [0.15, 0.2) is 0 Å². The highest BCUT2D eigenvalue weighted by atomic mass is 16.5. The van der Waals surface area contributed by atoms with Gasteiger partial charge >= 0.3 is 0 Å². The molecular weight excluding hydrogens is 829 g/mol. The number of H-pyrrole nitrogens is 2. The molecule has 12 nitrogen and oxygen atoms in total. The SMILES string of the molecule is COc1ccc(-c2nc3cc4c(=O)n(C(C(C)C)C(C)C)c(=O)c5cc6[nH]c(-c7ccc(OC)cc7)nc7cc8c(=O)n(C(C(C)C)C(C)C)c(=O)c9cc([nH]2)c2c3c(c45)c6c7c2c89)cc1. The molecule has 0 bridgehead atoms. The molecule has 0 radical (unpaired) electrons. The number of aromatic nitrogens is 6. The maximum absolute atomic E-state index is 15.2. The van der Waals surface area contributed by atoms with Crippen LogP contribution in [0.2, 0.25) is 0 Å². The van der Waals surface area contributed by atoms with Gasteiger partial charge in [0.2, 0.25) is 0 Å². The molecular formula is C54H50N6O6. The van der Waals surface area contributed by atoms with E-state index in [4.69, 9.17) is 19.4 Å². The minimum absolute atomic E-state index is 0.0273. The first kappa shape index (κ1) is 41.4. The smallest absolute Gasteiger partial charge is 0.261 e. The van der Waals surface area contributed by atoms with Crippen molar-refractivity contribution in [3.63, 3.8) is 0 Å². The van der Waals surface area contributed by atoms with Crippen LogP contribution < -0.4 is 31.7 Å². The van der Waals surface area contributed by atoms with E-state index in [2.05, 4.69) is 9.97 Å². The number of aromatic amines is 2. The Hall–Kier alpha value is -7.34. The molecule has 4 heterocycles. The van der Waals surface area contributed by atoms with Gasteiger partial charge in [-0.3, -0.25) is 28.3 Å². The van der Waals surface area contributed by atoms with E-state index in [1.807, 2.05) is 128 Å². The summed E-state index contributed by atoms with van der Waals surface area (Å²) in [4.78, 5) is 79.0. The van der Waals surface area contributed by atoms with Crippen molar-refractivity contribution < 1.29 is 9.47 Å². The largest absolute Gasteiger partial charge is 0.497 e. The lowest BCUT2D eigenvalue weighted by atomic mass is 9.84. The molecule has 0 aliphatic heterocycles. The quantitative estimate of drug-likeness (QED) is 0.102. The van der Waals surface area contributed by atoms with Gasteiger partial charge in [-0.2, -0.15) is 0 Å². The zero-order valence-electron chi connectivity index (χ0n) is 38.6. The van der Waals surface area contributed by atoms with Gasteiger partial charge in [0.05, 0.1) is 46.8 Å². The van der Waals surface area contributed by atoms with Crippen LogP contribution >= 0.6 is 0 Å². The van der Waals surface area contributed by atoms with Crippen LogP contribution in [0.1, 0.15) is 67.5 Å². The van der Waals surface area contributed by atoms with Crippen LogP contribution in [0.25, 0.3) is 109 Å². The van der Waals surface area contributed by atoms with E-state index < -0.39 is 0 Å². The highest BCUT2D eigenvalue weighted by Gasteiger charge is 2.33. The number of nitrogens with zero attached hydrogens (tertiary/aromatic N) is 4. The molecule has 4 aromatic heterocycles. The molecule has 0 spiro atoms. The first-order chi connectivity index (χ1) is 31.6. The Morgan fingerprint density at radius 3 is 1.05 bits per heavy atom. The molecule has 7 aromatic carbocycles. The van der Waals surface area contributed by atoms with Crippen molar-refractivity contribution in [3.05, 3.63) is 114 Å². The van der Waals surface area contributed by atoms with Crippen molar-refractivity contribution in [2.24, 2.45) is 23.7 Å². The lowest BCUT2D eigenvalue weighted by molar-refractivity contribution is 0.277. The second kappa shape index (κ2) is 14.6. The van der Waals surface area contributed by atoms with Gasteiger partial charge in [-0.25, -0.2) is 9.97 Å². The average Bonchev–Trinajstić information content (AvgIpc) is 3.57. The summed E-state index contributed by atoms with van der Waals surface area (Å²) in [6.45, 7) is 16.3. The number of benzene rings is 7. The number of rotatable bonds is 10. The maximum atomic E-state index is 15.2. The normalized spacial score (nSPS) is 12.8. The third-order valence-electron chi connectivity index (χ3n) is 14.1. The Labute approximate surface area is 377 Å². The topological polar surface area (TPSA) is 154 Å². The summed E-state index contributed by atoms with van der Waals surface area (Å²) >= 11 is 0. The molecule has 2 N–H and O–H groups in total. The summed E-state index contributed by atoms with van der Waals surface area (Å²) in [5.74, 6) is 2.20.